The summed E-state index contributed by atoms with van der Waals surface area (Å²) >= 11 is 0. The molecular weight excluding hydrogens is 154 g/mol. The number of hydrogen-bond acceptors (Lipinski definition) is 4. The van der Waals surface area contributed by atoms with Crippen molar-refractivity contribution < 1.29 is 4.52 Å². The van der Waals surface area contributed by atoms with Gasteiger partial charge in [-0.1, -0.05) is 5.16 Å². The van der Waals surface area contributed by atoms with Gasteiger partial charge >= 0.3 is 0 Å². The summed E-state index contributed by atoms with van der Waals surface area (Å²) in [6.07, 6.45) is 4.11. The van der Waals surface area contributed by atoms with Crippen LogP contribution in [0.25, 0.3) is 0 Å². The number of nitrogens with zero attached hydrogens (tertiary/aromatic N) is 2. The minimum atomic E-state index is -0.0566. The molecule has 1 aliphatic carbocycles. The van der Waals surface area contributed by atoms with Gasteiger partial charge < -0.3 is 10.3 Å². The summed E-state index contributed by atoms with van der Waals surface area (Å²) in [5.41, 5.74) is 5.96. The molecule has 0 bridgehead atoms. The second kappa shape index (κ2) is 2.55. The molecule has 1 aliphatic rings. The standard InChI is InChI=1S/C8H13N3O/c1-6-10-7(12-11-6)5-8(9)3-2-4-8/h2-5,9H2,1H3. The van der Waals surface area contributed by atoms with Crippen molar-refractivity contribution in [2.24, 2.45) is 5.73 Å². The largest absolute Gasteiger partial charge is 0.339 e. The fraction of sp³-hybridized carbons (Fsp3) is 0.750. The van der Waals surface area contributed by atoms with Gasteiger partial charge in [0.1, 0.15) is 0 Å². The molecule has 4 heteroatoms. The van der Waals surface area contributed by atoms with Crippen LogP contribution in [0.2, 0.25) is 0 Å². The summed E-state index contributed by atoms with van der Waals surface area (Å²) in [5, 5.41) is 3.72. The minimum absolute atomic E-state index is 0.0566. The zero-order valence-electron chi connectivity index (χ0n) is 7.21. The van der Waals surface area contributed by atoms with E-state index < -0.39 is 0 Å². The second-order valence-corrected chi connectivity index (χ2v) is 3.63. The zero-order chi connectivity index (χ0) is 8.60. The molecule has 0 atom stereocenters. The van der Waals surface area contributed by atoms with E-state index in [0.717, 1.165) is 19.3 Å². The molecule has 0 radical (unpaired) electrons. The van der Waals surface area contributed by atoms with Crippen molar-refractivity contribution in [1.82, 2.24) is 10.1 Å². The van der Waals surface area contributed by atoms with Crippen LogP contribution in [-0.4, -0.2) is 15.7 Å². The van der Waals surface area contributed by atoms with Crippen molar-refractivity contribution in [3.63, 3.8) is 0 Å². The van der Waals surface area contributed by atoms with Crippen LogP contribution >= 0.6 is 0 Å². The maximum absolute atomic E-state index is 6.02. The lowest BCUT2D eigenvalue weighted by Gasteiger charge is -2.36. The van der Waals surface area contributed by atoms with Crippen LogP contribution in [0.5, 0.6) is 0 Å². The molecule has 66 valence electrons. The highest BCUT2D eigenvalue weighted by molar-refractivity contribution is 5.00. The molecular formula is C8H13N3O. The Morgan fingerprint density at radius 2 is 2.33 bits per heavy atom. The van der Waals surface area contributed by atoms with E-state index in [1.54, 1.807) is 0 Å². The van der Waals surface area contributed by atoms with E-state index in [9.17, 15) is 0 Å². The highest BCUT2D eigenvalue weighted by Gasteiger charge is 2.34. The molecule has 1 fully saturated rings. The molecule has 2 rings (SSSR count). The third kappa shape index (κ3) is 1.34. The lowest BCUT2D eigenvalue weighted by Crippen LogP contribution is -2.48. The summed E-state index contributed by atoms with van der Waals surface area (Å²) in [4.78, 5) is 4.12. The molecule has 2 N–H and O–H groups in total. The Morgan fingerprint density at radius 1 is 1.58 bits per heavy atom. The van der Waals surface area contributed by atoms with Crippen molar-refractivity contribution in [3.8, 4) is 0 Å². The van der Waals surface area contributed by atoms with Gasteiger partial charge in [0.15, 0.2) is 5.82 Å². The Kier molecular flexibility index (Phi) is 1.65. The van der Waals surface area contributed by atoms with Crippen LogP contribution in [0.4, 0.5) is 0 Å². The minimum Gasteiger partial charge on any atom is -0.339 e. The van der Waals surface area contributed by atoms with Crippen LogP contribution in [-0.2, 0) is 6.42 Å². The molecule has 1 aromatic heterocycles. The fourth-order valence-electron chi connectivity index (χ4n) is 1.52. The molecule has 0 saturated heterocycles. The number of aromatic nitrogens is 2. The first-order valence-electron chi connectivity index (χ1n) is 4.26. The molecule has 0 aromatic carbocycles. The maximum Gasteiger partial charge on any atom is 0.228 e. The van der Waals surface area contributed by atoms with Crippen LogP contribution in [0, 0.1) is 6.92 Å². The quantitative estimate of drug-likeness (QED) is 0.707. The fourth-order valence-corrected chi connectivity index (χ4v) is 1.52. The lowest BCUT2D eigenvalue weighted by atomic mass is 9.75. The first-order valence-corrected chi connectivity index (χ1v) is 4.26. The summed E-state index contributed by atoms with van der Waals surface area (Å²) in [7, 11) is 0. The van der Waals surface area contributed by atoms with Gasteiger partial charge in [-0.25, -0.2) is 0 Å². The van der Waals surface area contributed by atoms with E-state index in [1.165, 1.54) is 6.42 Å². The number of aryl methyl sites for hydroxylation is 1. The number of rotatable bonds is 2. The Labute approximate surface area is 71.1 Å². The van der Waals surface area contributed by atoms with Gasteiger partial charge in [-0.05, 0) is 26.2 Å². The molecule has 1 aromatic rings. The maximum atomic E-state index is 6.02. The molecule has 0 aliphatic heterocycles. The molecule has 0 amide bonds. The summed E-state index contributed by atoms with van der Waals surface area (Å²) in [6, 6.07) is 0. The van der Waals surface area contributed by atoms with Crippen LogP contribution in [0.1, 0.15) is 31.0 Å². The van der Waals surface area contributed by atoms with Crippen molar-refractivity contribution in [2.75, 3.05) is 0 Å². The van der Waals surface area contributed by atoms with Crippen LogP contribution in [0.3, 0.4) is 0 Å². The van der Waals surface area contributed by atoms with E-state index in [4.69, 9.17) is 10.3 Å². The molecule has 4 nitrogen and oxygen atoms in total. The Balaban J connectivity index is 2.03. The van der Waals surface area contributed by atoms with E-state index in [1.807, 2.05) is 6.92 Å². The normalized spacial score (nSPS) is 20.5. The average molecular weight is 167 g/mol. The molecule has 1 heterocycles. The molecule has 0 spiro atoms. The van der Waals surface area contributed by atoms with Gasteiger partial charge in [0.25, 0.3) is 0 Å². The summed E-state index contributed by atoms with van der Waals surface area (Å²) < 4.78 is 4.99. The lowest BCUT2D eigenvalue weighted by molar-refractivity contribution is 0.221. The Hall–Kier alpha value is -0.900. The van der Waals surface area contributed by atoms with Crippen molar-refractivity contribution >= 4 is 0 Å². The first-order chi connectivity index (χ1) is 5.68. The van der Waals surface area contributed by atoms with Gasteiger partial charge in [-0.15, -0.1) is 0 Å². The first kappa shape index (κ1) is 7.73. The van der Waals surface area contributed by atoms with E-state index in [2.05, 4.69) is 10.1 Å². The molecule has 1 saturated carbocycles. The van der Waals surface area contributed by atoms with E-state index in [0.29, 0.717) is 11.7 Å². The average Bonchev–Trinajstić information content (AvgIpc) is 2.32. The highest BCUT2D eigenvalue weighted by Crippen LogP contribution is 2.31. The molecule has 0 unspecified atom stereocenters. The van der Waals surface area contributed by atoms with E-state index in [-0.39, 0.29) is 5.54 Å². The van der Waals surface area contributed by atoms with Gasteiger partial charge in [0.05, 0.1) is 0 Å². The van der Waals surface area contributed by atoms with Gasteiger partial charge in [-0.3, -0.25) is 0 Å². The predicted octanol–water partition coefficient (Wildman–Crippen LogP) is 0.802. The van der Waals surface area contributed by atoms with Crippen molar-refractivity contribution in [3.05, 3.63) is 11.7 Å². The van der Waals surface area contributed by atoms with Crippen molar-refractivity contribution in [1.29, 1.82) is 0 Å². The smallest absolute Gasteiger partial charge is 0.228 e. The number of hydrogen-bond donors (Lipinski definition) is 1. The monoisotopic (exact) mass is 167 g/mol. The highest BCUT2D eigenvalue weighted by atomic mass is 16.5. The zero-order valence-corrected chi connectivity index (χ0v) is 7.21. The van der Waals surface area contributed by atoms with Gasteiger partial charge in [0.2, 0.25) is 5.89 Å². The summed E-state index contributed by atoms with van der Waals surface area (Å²) in [5.74, 6) is 1.36. The second-order valence-electron chi connectivity index (χ2n) is 3.63. The van der Waals surface area contributed by atoms with Crippen LogP contribution < -0.4 is 5.73 Å². The third-order valence-corrected chi connectivity index (χ3v) is 2.42. The van der Waals surface area contributed by atoms with Crippen LogP contribution in [0.15, 0.2) is 4.52 Å². The van der Waals surface area contributed by atoms with E-state index >= 15 is 0 Å². The third-order valence-electron chi connectivity index (χ3n) is 2.42. The number of nitrogens with two attached hydrogens (primary N) is 1. The van der Waals surface area contributed by atoms with Gasteiger partial charge in [0, 0.05) is 12.0 Å². The summed E-state index contributed by atoms with van der Waals surface area (Å²) in [6.45, 7) is 1.82. The Bertz CT molecular complexity index is 278. The Morgan fingerprint density at radius 3 is 2.75 bits per heavy atom. The SMILES string of the molecule is Cc1noc(CC2(N)CCC2)n1. The topological polar surface area (TPSA) is 64.9 Å². The molecule has 12 heavy (non-hydrogen) atoms. The predicted molar refractivity (Wildman–Crippen MR) is 43.5 cm³/mol. The van der Waals surface area contributed by atoms with Gasteiger partial charge in [-0.2, -0.15) is 4.98 Å². The van der Waals surface area contributed by atoms with Crippen molar-refractivity contribution in [2.45, 2.75) is 38.1 Å².